The Hall–Kier alpha value is -1.31. The van der Waals surface area contributed by atoms with Gasteiger partial charge in [-0.25, -0.2) is 8.78 Å². The zero-order valence-corrected chi connectivity index (χ0v) is 11.1. The van der Waals surface area contributed by atoms with E-state index in [9.17, 15) is 30.7 Å². The van der Waals surface area contributed by atoms with E-state index >= 15 is 0 Å². The smallest absolute Gasteiger partial charge is 0.352 e. The lowest BCUT2D eigenvalue weighted by Crippen LogP contribution is -2.52. The van der Waals surface area contributed by atoms with E-state index in [-0.39, 0.29) is 0 Å². The number of halogens is 7. The topological polar surface area (TPSA) is 9.23 Å². The van der Waals surface area contributed by atoms with E-state index in [0.29, 0.717) is 13.8 Å². The summed E-state index contributed by atoms with van der Waals surface area (Å²) in [5.41, 5.74) is -3.44. The number of rotatable bonds is 5. The first kappa shape index (κ1) is 17.7. The number of hydrogen-bond donors (Lipinski definition) is 0. The van der Waals surface area contributed by atoms with Crippen LogP contribution >= 0.6 is 0 Å². The molecule has 0 aromatic heterocycles. The molecule has 0 bridgehead atoms. The summed E-state index contributed by atoms with van der Waals surface area (Å²) in [6.45, 7) is 1.00. The molecule has 0 radical (unpaired) electrons. The first-order valence-electron chi connectivity index (χ1n) is 5.85. The van der Waals surface area contributed by atoms with E-state index in [1.54, 1.807) is 0 Å². The predicted octanol–water partition coefficient (Wildman–Crippen LogP) is 4.99. The van der Waals surface area contributed by atoms with Crippen molar-refractivity contribution in [2.75, 3.05) is 0 Å². The van der Waals surface area contributed by atoms with Crippen LogP contribution in [0.1, 0.15) is 25.5 Å². The van der Waals surface area contributed by atoms with Crippen LogP contribution in [0.4, 0.5) is 30.7 Å². The summed E-state index contributed by atoms with van der Waals surface area (Å²) in [5.74, 6) is -4.73. The molecule has 1 aromatic rings. The highest BCUT2D eigenvalue weighted by atomic mass is 19.4. The Morgan fingerprint density at radius 2 is 1.38 bits per heavy atom. The molecule has 1 rings (SSSR count). The van der Waals surface area contributed by atoms with Crippen molar-refractivity contribution < 1.29 is 35.5 Å². The molecule has 1 atom stereocenters. The zero-order chi connectivity index (χ0) is 16.5. The van der Waals surface area contributed by atoms with E-state index in [4.69, 9.17) is 0 Å². The predicted molar refractivity (Wildman–Crippen MR) is 61.4 cm³/mol. The first-order chi connectivity index (χ1) is 9.39. The van der Waals surface area contributed by atoms with Gasteiger partial charge in [0.25, 0.3) is 0 Å². The molecule has 0 saturated heterocycles. The van der Waals surface area contributed by atoms with Gasteiger partial charge in [0.15, 0.2) is 6.10 Å². The fraction of sp³-hybridized carbons (Fsp3) is 0.538. The summed E-state index contributed by atoms with van der Waals surface area (Å²) in [4.78, 5) is 0. The molecular formula is C13H13F7O. The van der Waals surface area contributed by atoms with Crippen LogP contribution < -0.4 is 0 Å². The quantitative estimate of drug-likeness (QED) is 0.695. The Bertz CT molecular complexity index is 453. The van der Waals surface area contributed by atoms with Gasteiger partial charge in [-0.15, -0.1) is 0 Å². The third-order valence-corrected chi connectivity index (χ3v) is 2.89. The average molecular weight is 318 g/mol. The minimum Gasteiger partial charge on any atom is -0.352 e. The van der Waals surface area contributed by atoms with Gasteiger partial charge in [-0.1, -0.05) is 30.3 Å². The molecule has 1 aromatic carbocycles. The fourth-order valence-corrected chi connectivity index (χ4v) is 1.59. The molecule has 0 N–H and O–H groups in total. The lowest BCUT2D eigenvalue weighted by Gasteiger charge is -2.37. The SMILES string of the molecule is CC(C)(OC(c1ccccc1)C(F)(F)F)C(F)(F)C(F)F. The van der Waals surface area contributed by atoms with Crippen molar-refractivity contribution in [1.29, 1.82) is 0 Å². The molecule has 0 aliphatic heterocycles. The van der Waals surface area contributed by atoms with Gasteiger partial charge in [0.2, 0.25) is 0 Å². The van der Waals surface area contributed by atoms with Gasteiger partial charge in [-0.2, -0.15) is 22.0 Å². The monoisotopic (exact) mass is 318 g/mol. The second kappa shape index (κ2) is 5.82. The average Bonchev–Trinajstić information content (AvgIpc) is 2.35. The summed E-state index contributed by atoms with van der Waals surface area (Å²) >= 11 is 0. The summed E-state index contributed by atoms with van der Waals surface area (Å²) in [6, 6.07) is 5.99. The molecule has 21 heavy (non-hydrogen) atoms. The molecule has 0 amide bonds. The van der Waals surface area contributed by atoms with Gasteiger partial charge in [0.05, 0.1) is 0 Å². The van der Waals surface area contributed by atoms with Crippen molar-refractivity contribution in [3.05, 3.63) is 35.9 Å². The maximum Gasteiger partial charge on any atom is 0.418 e. The largest absolute Gasteiger partial charge is 0.418 e. The fourth-order valence-electron chi connectivity index (χ4n) is 1.59. The Balaban J connectivity index is 3.14. The Morgan fingerprint density at radius 1 is 0.905 bits per heavy atom. The van der Waals surface area contributed by atoms with Crippen molar-refractivity contribution in [2.45, 2.75) is 44.1 Å². The molecule has 0 saturated carbocycles. The van der Waals surface area contributed by atoms with E-state index < -0.39 is 35.8 Å². The molecule has 1 unspecified atom stereocenters. The summed E-state index contributed by atoms with van der Waals surface area (Å²) in [6.07, 6.45) is -11.9. The van der Waals surface area contributed by atoms with Crippen LogP contribution in [0.25, 0.3) is 0 Å². The van der Waals surface area contributed by atoms with Crippen LogP contribution in [0.15, 0.2) is 30.3 Å². The van der Waals surface area contributed by atoms with Gasteiger partial charge in [-0.05, 0) is 19.4 Å². The number of hydrogen-bond acceptors (Lipinski definition) is 1. The van der Waals surface area contributed by atoms with Crippen molar-refractivity contribution in [2.24, 2.45) is 0 Å². The van der Waals surface area contributed by atoms with Crippen LogP contribution in [0.3, 0.4) is 0 Å². The van der Waals surface area contributed by atoms with Crippen LogP contribution in [0.5, 0.6) is 0 Å². The second-order valence-corrected chi connectivity index (χ2v) is 4.88. The molecule has 0 heterocycles. The Labute approximate surface area is 116 Å². The van der Waals surface area contributed by atoms with Crippen LogP contribution in [0, 0.1) is 0 Å². The van der Waals surface area contributed by atoms with Gasteiger partial charge in [-0.3, -0.25) is 0 Å². The summed E-state index contributed by atoms with van der Waals surface area (Å²) in [5, 5.41) is 0. The lowest BCUT2D eigenvalue weighted by atomic mass is 9.99. The maximum absolute atomic E-state index is 13.3. The Kier molecular flexibility index (Phi) is 4.92. The molecule has 120 valence electrons. The molecule has 8 heteroatoms. The van der Waals surface area contributed by atoms with Crippen molar-refractivity contribution in [3.8, 4) is 0 Å². The summed E-state index contributed by atoms with van der Waals surface area (Å²) in [7, 11) is 0. The van der Waals surface area contributed by atoms with Crippen molar-refractivity contribution in [3.63, 3.8) is 0 Å². The highest BCUT2D eigenvalue weighted by Crippen LogP contribution is 2.44. The van der Waals surface area contributed by atoms with Gasteiger partial charge < -0.3 is 4.74 Å². The van der Waals surface area contributed by atoms with Gasteiger partial charge in [0, 0.05) is 0 Å². The maximum atomic E-state index is 13.3. The normalized spacial score (nSPS) is 15.3. The lowest BCUT2D eigenvalue weighted by molar-refractivity contribution is -0.310. The van der Waals surface area contributed by atoms with E-state index in [1.807, 2.05) is 0 Å². The first-order valence-corrected chi connectivity index (χ1v) is 5.85. The van der Waals surface area contributed by atoms with E-state index in [2.05, 4.69) is 4.74 Å². The molecule has 0 aliphatic rings. The molecular weight excluding hydrogens is 305 g/mol. The summed E-state index contributed by atoms with van der Waals surface area (Å²) < 4.78 is 94.6. The van der Waals surface area contributed by atoms with Gasteiger partial charge >= 0.3 is 18.5 Å². The standard InChI is InChI=1S/C13H13F7O/c1-11(2,12(16,17)10(14)15)21-9(13(18,19)20)8-6-4-3-5-7-8/h3-7,9-10H,1-2H3. The highest BCUT2D eigenvalue weighted by molar-refractivity contribution is 5.19. The molecule has 0 fully saturated rings. The van der Waals surface area contributed by atoms with Gasteiger partial charge in [0.1, 0.15) is 5.60 Å². The molecule has 0 spiro atoms. The third kappa shape index (κ3) is 3.87. The highest BCUT2D eigenvalue weighted by Gasteiger charge is 2.58. The Morgan fingerprint density at radius 3 is 1.76 bits per heavy atom. The molecule has 0 aliphatic carbocycles. The van der Waals surface area contributed by atoms with Crippen LogP contribution in [-0.4, -0.2) is 24.1 Å². The van der Waals surface area contributed by atoms with Crippen molar-refractivity contribution >= 4 is 0 Å². The number of ether oxygens (including phenoxy) is 1. The minimum absolute atomic E-state index is 0.442. The second-order valence-electron chi connectivity index (χ2n) is 4.88. The van der Waals surface area contributed by atoms with Crippen LogP contribution in [0.2, 0.25) is 0 Å². The number of benzene rings is 1. The van der Waals surface area contributed by atoms with Crippen LogP contribution in [-0.2, 0) is 4.74 Å². The number of alkyl halides is 7. The van der Waals surface area contributed by atoms with E-state index in [0.717, 1.165) is 12.1 Å². The minimum atomic E-state index is -5.02. The molecule has 1 nitrogen and oxygen atoms in total. The zero-order valence-electron chi connectivity index (χ0n) is 11.1. The third-order valence-electron chi connectivity index (χ3n) is 2.89. The van der Waals surface area contributed by atoms with Crippen molar-refractivity contribution in [1.82, 2.24) is 0 Å². The van der Waals surface area contributed by atoms with E-state index in [1.165, 1.54) is 18.2 Å².